The predicted molar refractivity (Wildman–Crippen MR) is 81.4 cm³/mol. The molecule has 0 aliphatic carbocycles. The first-order valence-electron chi connectivity index (χ1n) is 6.55. The summed E-state index contributed by atoms with van der Waals surface area (Å²) in [7, 11) is 1.56. The number of para-hydroxylation sites is 1. The van der Waals surface area contributed by atoms with E-state index in [2.05, 4.69) is 0 Å². The summed E-state index contributed by atoms with van der Waals surface area (Å²) in [5, 5.41) is 9.47. The van der Waals surface area contributed by atoms with Crippen molar-refractivity contribution in [3.05, 3.63) is 64.3 Å². The van der Waals surface area contributed by atoms with Crippen molar-refractivity contribution in [3.63, 3.8) is 0 Å². The minimum atomic E-state index is -1.14. The summed E-state index contributed by atoms with van der Waals surface area (Å²) in [5.74, 6) is -0.146. The van der Waals surface area contributed by atoms with E-state index in [1.165, 1.54) is 18.2 Å². The second kappa shape index (κ2) is 5.37. The number of carboxylic acids is 1. The summed E-state index contributed by atoms with van der Waals surface area (Å²) in [6.07, 6.45) is 0. The van der Waals surface area contributed by atoms with Crippen molar-refractivity contribution in [1.29, 1.82) is 0 Å². The van der Waals surface area contributed by atoms with Crippen molar-refractivity contribution in [2.24, 2.45) is 0 Å². The van der Waals surface area contributed by atoms with Gasteiger partial charge in [0.05, 0.1) is 12.5 Å². The van der Waals surface area contributed by atoms with E-state index >= 15 is 0 Å². The van der Waals surface area contributed by atoms with Crippen LogP contribution in [0.1, 0.15) is 10.4 Å². The van der Waals surface area contributed by atoms with Crippen LogP contribution >= 0.6 is 0 Å². The Morgan fingerprint density at radius 3 is 2.50 bits per heavy atom. The van der Waals surface area contributed by atoms with Crippen LogP contribution in [0, 0.1) is 0 Å². The number of fused-ring (bicyclic) bond motifs is 1. The minimum absolute atomic E-state index is 0.0371. The molecule has 0 radical (unpaired) electrons. The van der Waals surface area contributed by atoms with Gasteiger partial charge in [-0.15, -0.1) is 0 Å². The van der Waals surface area contributed by atoms with Gasteiger partial charge >= 0.3 is 5.97 Å². The smallest absolute Gasteiger partial charge is 0.339 e. The monoisotopic (exact) mass is 296 g/mol. The largest absolute Gasteiger partial charge is 0.497 e. The highest BCUT2D eigenvalue weighted by molar-refractivity contribution is 6.01. The molecule has 0 atom stereocenters. The van der Waals surface area contributed by atoms with Gasteiger partial charge in [0.25, 0.3) is 0 Å². The van der Waals surface area contributed by atoms with Crippen LogP contribution in [-0.4, -0.2) is 18.2 Å². The number of methoxy groups -OCH3 is 1. The van der Waals surface area contributed by atoms with Crippen LogP contribution in [0.5, 0.6) is 5.75 Å². The summed E-state index contributed by atoms with van der Waals surface area (Å²) >= 11 is 0. The molecule has 0 fully saturated rings. The lowest BCUT2D eigenvalue weighted by Crippen LogP contribution is -2.05. The summed E-state index contributed by atoms with van der Waals surface area (Å²) in [4.78, 5) is 23.5. The lowest BCUT2D eigenvalue weighted by molar-refractivity contribution is 0.0698. The van der Waals surface area contributed by atoms with E-state index in [-0.39, 0.29) is 22.0 Å². The maximum atomic E-state index is 12.2. The first kappa shape index (κ1) is 13.9. The van der Waals surface area contributed by atoms with Crippen LogP contribution in [0.4, 0.5) is 0 Å². The molecule has 1 N–H and O–H groups in total. The van der Waals surface area contributed by atoms with E-state index in [0.717, 1.165) is 0 Å². The third-order valence-electron chi connectivity index (χ3n) is 3.36. The normalized spacial score (nSPS) is 10.6. The van der Waals surface area contributed by atoms with Crippen molar-refractivity contribution in [2.45, 2.75) is 0 Å². The second-order valence-electron chi connectivity index (χ2n) is 4.69. The topological polar surface area (TPSA) is 76.7 Å². The summed E-state index contributed by atoms with van der Waals surface area (Å²) < 4.78 is 10.8. The first-order valence-corrected chi connectivity index (χ1v) is 6.55. The number of carbonyl (C=O) groups is 1. The zero-order chi connectivity index (χ0) is 15.7. The Hall–Kier alpha value is -3.08. The molecule has 1 heterocycles. The van der Waals surface area contributed by atoms with Gasteiger partial charge in [-0.2, -0.15) is 0 Å². The zero-order valence-electron chi connectivity index (χ0n) is 11.7. The fourth-order valence-corrected chi connectivity index (χ4v) is 2.24. The molecular formula is C17H12O5. The van der Waals surface area contributed by atoms with E-state index in [1.54, 1.807) is 37.4 Å². The number of hydrogen-bond acceptors (Lipinski definition) is 4. The van der Waals surface area contributed by atoms with Gasteiger partial charge in [-0.25, -0.2) is 4.79 Å². The Morgan fingerprint density at radius 1 is 1.14 bits per heavy atom. The lowest BCUT2D eigenvalue weighted by atomic mass is 10.1. The highest BCUT2D eigenvalue weighted by atomic mass is 16.5. The van der Waals surface area contributed by atoms with Crippen LogP contribution in [-0.2, 0) is 0 Å². The Morgan fingerprint density at radius 2 is 1.86 bits per heavy atom. The van der Waals surface area contributed by atoms with E-state index in [0.29, 0.717) is 17.1 Å². The first-order chi connectivity index (χ1) is 10.6. The molecule has 0 amide bonds. The number of carboxylic acid groups (broad SMARTS) is 1. The van der Waals surface area contributed by atoms with Gasteiger partial charge in [0, 0.05) is 11.6 Å². The summed E-state index contributed by atoms with van der Waals surface area (Å²) in [6.45, 7) is 0. The Kier molecular flexibility index (Phi) is 3.39. The maximum Gasteiger partial charge on any atom is 0.339 e. The van der Waals surface area contributed by atoms with Crippen LogP contribution in [0.25, 0.3) is 22.3 Å². The summed E-state index contributed by atoms with van der Waals surface area (Å²) in [6, 6.07) is 12.8. The number of aromatic carboxylic acids is 1. The van der Waals surface area contributed by atoms with Crippen molar-refractivity contribution in [2.75, 3.05) is 7.11 Å². The number of rotatable bonds is 3. The molecule has 2 aromatic carbocycles. The Bertz CT molecular complexity index is 906. The molecule has 0 saturated heterocycles. The Balaban J connectivity index is 2.25. The van der Waals surface area contributed by atoms with Crippen molar-refractivity contribution < 1.29 is 19.1 Å². The Labute approximate surface area is 125 Å². The van der Waals surface area contributed by atoms with Crippen molar-refractivity contribution >= 4 is 16.9 Å². The second-order valence-corrected chi connectivity index (χ2v) is 4.69. The molecule has 0 unspecified atom stereocenters. The average molecular weight is 296 g/mol. The van der Waals surface area contributed by atoms with Crippen LogP contribution < -0.4 is 10.2 Å². The van der Waals surface area contributed by atoms with E-state index in [4.69, 9.17) is 9.15 Å². The molecule has 1 aromatic heterocycles. The van der Waals surface area contributed by atoms with Gasteiger partial charge in [-0.3, -0.25) is 4.79 Å². The highest BCUT2D eigenvalue weighted by Gasteiger charge is 2.14. The minimum Gasteiger partial charge on any atom is -0.497 e. The molecule has 5 nitrogen and oxygen atoms in total. The van der Waals surface area contributed by atoms with Gasteiger partial charge in [0.1, 0.15) is 17.1 Å². The van der Waals surface area contributed by atoms with Crippen LogP contribution in [0.3, 0.4) is 0 Å². The van der Waals surface area contributed by atoms with E-state index < -0.39 is 5.97 Å². The van der Waals surface area contributed by atoms with Crippen molar-refractivity contribution in [1.82, 2.24) is 0 Å². The standard InChI is InChI=1S/C17H12O5/c1-21-11-7-5-10(6-8-11)15-9-14(18)12-3-2-4-13(17(19)20)16(12)22-15/h2-9H,1H3,(H,19,20). The predicted octanol–water partition coefficient (Wildman–Crippen LogP) is 3.17. The third kappa shape index (κ3) is 2.33. The molecule has 0 bridgehead atoms. The molecule has 0 aliphatic heterocycles. The molecule has 5 heteroatoms. The number of hydrogen-bond donors (Lipinski definition) is 1. The van der Waals surface area contributed by atoms with Gasteiger partial charge in [0.2, 0.25) is 0 Å². The molecule has 3 aromatic rings. The zero-order valence-corrected chi connectivity index (χ0v) is 11.7. The van der Waals surface area contributed by atoms with Gasteiger partial charge in [-0.05, 0) is 36.4 Å². The van der Waals surface area contributed by atoms with Crippen LogP contribution in [0.15, 0.2) is 57.7 Å². The molecule has 110 valence electrons. The maximum absolute atomic E-state index is 12.2. The lowest BCUT2D eigenvalue weighted by Gasteiger charge is -2.06. The number of benzene rings is 2. The molecular weight excluding hydrogens is 284 g/mol. The van der Waals surface area contributed by atoms with E-state index in [9.17, 15) is 14.7 Å². The van der Waals surface area contributed by atoms with Crippen LogP contribution in [0.2, 0.25) is 0 Å². The SMILES string of the molecule is COc1ccc(-c2cc(=O)c3cccc(C(=O)O)c3o2)cc1. The third-order valence-corrected chi connectivity index (χ3v) is 3.36. The summed E-state index contributed by atoms with van der Waals surface area (Å²) in [5.41, 5.74) is 0.424. The van der Waals surface area contributed by atoms with Gasteiger partial charge < -0.3 is 14.3 Å². The van der Waals surface area contributed by atoms with Crippen molar-refractivity contribution in [3.8, 4) is 17.1 Å². The molecule has 0 aliphatic rings. The molecule has 0 saturated carbocycles. The number of ether oxygens (including phenoxy) is 1. The quantitative estimate of drug-likeness (QED) is 0.803. The fourth-order valence-electron chi connectivity index (χ4n) is 2.24. The van der Waals surface area contributed by atoms with E-state index in [1.807, 2.05) is 0 Å². The molecule has 3 rings (SSSR count). The molecule has 0 spiro atoms. The molecule has 22 heavy (non-hydrogen) atoms. The van der Waals surface area contributed by atoms with Gasteiger partial charge in [-0.1, -0.05) is 6.07 Å². The average Bonchev–Trinajstić information content (AvgIpc) is 2.54. The highest BCUT2D eigenvalue weighted by Crippen LogP contribution is 2.25. The van der Waals surface area contributed by atoms with Gasteiger partial charge in [0.15, 0.2) is 11.0 Å². The fraction of sp³-hybridized carbons (Fsp3) is 0.0588.